The van der Waals surface area contributed by atoms with Crippen molar-refractivity contribution in [1.29, 1.82) is 0 Å². The molecular weight excluding hydrogens is 277 g/mol. The first kappa shape index (κ1) is 14.1. The first-order valence-corrected chi connectivity index (χ1v) is 5.19. The van der Waals surface area contributed by atoms with Crippen molar-refractivity contribution in [3.63, 3.8) is 0 Å². The average Bonchev–Trinajstić information content (AvgIpc) is 2.30. The summed E-state index contributed by atoms with van der Waals surface area (Å²) in [6, 6.07) is 1.21. The van der Waals surface area contributed by atoms with Crippen LogP contribution in [0, 0.1) is 0 Å². The predicted molar refractivity (Wildman–Crippen MR) is 58.6 cm³/mol. The Balaban J connectivity index is 2.68. The summed E-state index contributed by atoms with van der Waals surface area (Å²) in [5.41, 5.74) is 0.00754. The highest BCUT2D eigenvalue weighted by atomic mass is 35.5. The molecule has 0 saturated heterocycles. The molecule has 0 unspecified atom stereocenters. The van der Waals surface area contributed by atoms with Gasteiger partial charge in [0.05, 0.1) is 17.1 Å². The van der Waals surface area contributed by atoms with Gasteiger partial charge in [-0.2, -0.15) is 0 Å². The van der Waals surface area contributed by atoms with Crippen molar-refractivity contribution in [3.8, 4) is 0 Å². The molecule has 2 N–H and O–H groups in total. The predicted octanol–water partition coefficient (Wildman–Crippen LogP) is 1.75. The van der Waals surface area contributed by atoms with Gasteiger partial charge in [0.2, 0.25) is 0 Å². The molecule has 4 nitrogen and oxygen atoms in total. The van der Waals surface area contributed by atoms with Gasteiger partial charge in [-0.25, -0.2) is 13.8 Å². The number of alkyl halides is 2. The van der Waals surface area contributed by atoms with Gasteiger partial charge < -0.3 is 10.4 Å². The Kier molecular flexibility index (Phi) is 4.62. The van der Waals surface area contributed by atoms with E-state index in [0.717, 1.165) is 6.20 Å². The summed E-state index contributed by atoms with van der Waals surface area (Å²) in [6.07, 6.45) is 1.11. The average molecular weight is 285 g/mol. The lowest BCUT2D eigenvalue weighted by atomic mass is 10.2. The van der Waals surface area contributed by atoms with E-state index in [2.05, 4.69) is 4.98 Å². The van der Waals surface area contributed by atoms with Gasteiger partial charge in [-0.3, -0.25) is 4.79 Å². The Morgan fingerprint density at radius 1 is 1.53 bits per heavy atom. The number of nitrogens with zero attached hydrogens (tertiary/aromatic N) is 1. The van der Waals surface area contributed by atoms with E-state index in [-0.39, 0.29) is 15.7 Å². The molecule has 1 aromatic heterocycles. The molecule has 0 bridgehead atoms. The van der Waals surface area contributed by atoms with Gasteiger partial charge in [-0.1, -0.05) is 23.2 Å². The molecule has 1 rings (SSSR count). The second-order valence-corrected chi connectivity index (χ2v) is 3.96. The van der Waals surface area contributed by atoms with Crippen LogP contribution in [0.15, 0.2) is 12.3 Å². The molecule has 94 valence electrons. The minimum absolute atomic E-state index is 0.00754. The summed E-state index contributed by atoms with van der Waals surface area (Å²) in [5, 5.41) is 10.3. The number of aliphatic hydroxyl groups excluding tert-OH is 1. The van der Waals surface area contributed by atoms with Crippen LogP contribution in [0.25, 0.3) is 0 Å². The molecule has 0 radical (unpaired) electrons. The Hall–Kier alpha value is -0.980. The van der Waals surface area contributed by atoms with Gasteiger partial charge in [0.1, 0.15) is 11.8 Å². The van der Waals surface area contributed by atoms with Crippen LogP contribution in [0.4, 0.5) is 8.78 Å². The Morgan fingerprint density at radius 2 is 2.18 bits per heavy atom. The van der Waals surface area contributed by atoms with Gasteiger partial charge in [0, 0.05) is 6.20 Å². The molecule has 0 atom stereocenters. The molecule has 0 aromatic carbocycles. The van der Waals surface area contributed by atoms with Gasteiger partial charge in [0.15, 0.2) is 0 Å². The molecule has 1 aromatic rings. The maximum absolute atomic E-state index is 12.6. The van der Waals surface area contributed by atoms with E-state index < -0.39 is 25.0 Å². The lowest BCUT2D eigenvalue weighted by molar-refractivity contribution is -0.0462. The minimum Gasteiger partial charge on any atom is -0.390 e. The van der Waals surface area contributed by atoms with E-state index in [1.807, 2.05) is 5.32 Å². The maximum Gasteiger partial charge on any atom is 0.287 e. The van der Waals surface area contributed by atoms with E-state index in [0.29, 0.717) is 0 Å². The highest BCUT2D eigenvalue weighted by molar-refractivity contribution is 6.41. The smallest absolute Gasteiger partial charge is 0.287 e. The number of amides is 1. The molecule has 17 heavy (non-hydrogen) atoms. The number of halogens is 4. The van der Waals surface area contributed by atoms with E-state index in [9.17, 15) is 13.6 Å². The first-order chi connectivity index (χ1) is 7.85. The Bertz CT molecular complexity index is 429. The zero-order valence-electron chi connectivity index (χ0n) is 8.38. The second kappa shape index (κ2) is 5.57. The van der Waals surface area contributed by atoms with Crippen LogP contribution in [0.2, 0.25) is 10.2 Å². The molecule has 1 amide bonds. The number of hydrogen-bond acceptors (Lipinski definition) is 3. The summed E-state index contributed by atoms with van der Waals surface area (Å²) < 4.78 is 25.3. The van der Waals surface area contributed by atoms with Crippen LogP contribution in [-0.2, 0) is 0 Å². The number of aromatic nitrogens is 1. The van der Waals surface area contributed by atoms with Crippen LogP contribution in [-0.4, -0.2) is 35.1 Å². The van der Waals surface area contributed by atoms with Crippen molar-refractivity contribution in [2.45, 2.75) is 5.92 Å². The monoisotopic (exact) mass is 284 g/mol. The van der Waals surface area contributed by atoms with E-state index in [4.69, 9.17) is 28.3 Å². The molecular formula is C9H8Cl2F2N2O2. The van der Waals surface area contributed by atoms with Crippen LogP contribution in [0.3, 0.4) is 0 Å². The number of nitrogens with one attached hydrogen (secondary N) is 1. The largest absolute Gasteiger partial charge is 0.390 e. The molecule has 0 aliphatic carbocycles. The number of aliphatic hydroxyl groups is 1. The fraction of sp³-hybridized carbons (Fsp3) is 0.333. The number of rotatable bonds is 4. The second-order valence-electron chi connectivity index (χ2n) is 3.19. The van der Waals surface area contributed by atoms with Crippen molar-refractivity contribution < 1.29 is 18.7 Å². The normalized spacial score (nSPS) is 11.4. The highest BCUT2D eigenvalue weighted by Crippen LogP contribution is 2.19. The lowest BCUT2D eigenvalue weighted by Gasteiger charge is -2.13. The minimum atomic E-state index is -3.36. The van der Waals surface area contributed by atoms with Gasteiger partial charge >= 0.3 is 0 Å². The summed E-state index contributed by atoms with van der Waals surface area (Å²) in [4.78, 5) is 15.0. The Labute approximate surface area is 106 Å². The van der Waals surface area contributed by atoms with Crippen LogP contribution in [0.5, 0.6) is 0 Å². The maximum atomic E-state index is 12.6. The summed E-state index contributed by atoms with van der Waals surface area (Å²) >= 11 is 11.1. The fourth-order valence-corrected chi connectivity index (χ4v) is 1.18. The highest BCUT2D eigenvalue weighted by Gasteiger charge is 2.28. The number of carbonyl (C=O) groups is 1. The standard InChI is InChI=1S/C9H8Cl2F2N2O2/c10-6-1-5(2-14-7(6)11)8(17)15-3-9(12,13)4-16/h1-2,16H,3-4H2,(H,15,17). The van der Waals surface area contributed by atoms with Crippen molar-refractivity contribution in [3.05, 3.63) is 28.0 Å². The third-order valence-corrected chi connectivity index (χ3v) is 2.48. The van der Waals surface area contributed by atoms with Gasteiger partial charge in [0.25, 0.3) is 11.8 Å². The van der Waals surface area contributed by atoms with Crippen LogP contribution in [0.1, 0.15) is 10.4 Å². The summed E-state index contributed by atoms with van der Waals surface area (Å²) in [7, 11) is 0. The molecule has 0 aliphatic heterocycles. The third-order valence-electron chi connectivity index (χ3n) is 1.80. The topological polar surface area (TPSA) is 62.2 Å². The van der Waals surface area contributed by atoms with Crippen molar-refractivity contribution in [2.75, 3.05) is 13.2 Å². The molecule has 0 aliphatic rings. The quantitative estimate of drug-likeness (QED) is 0.828. The Morgan fingerprint density at radius 3 is 2.71 bits per heavy atom. The SMILES string of the molecule is O=C(NCC(F)(F)CO)c1cnc(Cl)c(Cl)c1. The first-order valence-electron chi connectivity index (χ1n) is 4.43. The van der Waals surface area contributed by atoms with Crippen LogP contribution >= 0.6 is 23.2 Å². The molecule has 0 fully saturated rings. The van der Waals surface area contributed by atoms with E-state index in [1.54, 1.807) is 0 Å². The molecule has 8 heteroatoms. The van der Waals surface area contributed by atoms with Gasteiger partial charge in [-0.05, 0) is 6.07 Å². The van der Waals surface area contributed by atoms with Crippen molar-refractivity contribution >= 4 is 29.1 Å². The zero-order valence-corrected chi connectivity index (χ0v) is 9.90. The zero-order chi connectivity index (χ0) is 13.1. The molecule has 0 saturated carbocycles. The number of carbonyl (C=O) groups excluding carboxylic acids is 1. The van der Waals surface area contributed by atoms with E-state index >= 15 is 0 Å². The fourth-order valence-electron chi connectivity index (χ4n) is 0.913. The van der Waals surface area contributed by atoms with Crippen molar-refractivity contribution in [1.82, 2.24) is 10.3 Å². The van der Waals surface area contributed by atoms with Crippen molar-refractivity contribution in [2.24, 2.45) is 0 Å². The molecule has 1 heterocycles. The summed E-state index contributed by atoms with van der Waals surface area (Å²) in [6.45, 7) is -2.31. The number of hydrogen-bond donors (Lipinski definition) is 2. The van der Waals surface area contributed by atoms with Crippen LogP contribution < -0.4 is 5.32 Å². The van der Waals surface area contributed by atoms with Gasteiger partial charge in [-0.15, -0.1) is 0 Å². The number of pyridine rings is 1. The molecule has 0 spiro atoms. The third kappa shape index (κ3) is 4.07. The van der Waals surface area contributed by atoms with E-state index in [1.165, 1.54) is 6.07 Å². The lowest BCUT2D eigenvalue weighted by Crippen LogP contribution is -2.39. The summed E-state index contributed by atoms with van der Waals surface area (Å²) in [5.74, 6) is -4.14.